The summed E-state index contributed by atoms with van der Waals surface area (Å²) in [7, 11) is 0. The van der Waals surface area contributed by atoms with Gasteiger partial charge in [0.1, 0.15) is 17.1 Å². The summed E-state index contributed by atoms with van der Waals surface area (Å²) < 4.78 is 47.0. The minimum Gasteiger partial charge on any atom is -0.438 e. The van der Waals surface area contributed by atoms with E-state index < -0.39 is 12.1 Å². The summed E-state index contributed by atoms with van der Waals surface area (Å²) in [6.07, 6.45) is -1.64. The van der Waals surface area contributed by atoms with E-state index in [-0.39, 0.29) is 23.1 Å². The van der Waals surface area contributed by atoms with Crippen molar-refractivity contribution in [3.63, 3.8) is 0 Å². The van der Waals surface area contributed by atoms with Crippen LogP contribution in [0.15, 0.2) is 66.9 Å². The molecule has 2 heterocycles. The second kappa shape index (κ2) is 8.06. The van der Waals surface area contributed by atoms with Gasteiger partial charge in [0, 0.05) is 24.5 Å². The van der Waals surface area contributed by atoms with Crippen molar-refractivity contribution in [2.24, 2.45) is 0 Å². The average Bonchev–Trinajstić information content (AvgIpc) is 2.72. The van der Waals surface area contributed by atoms with Crippen molar-refractivity contribution in [2.45, 2.75) is 19.2 Å². The van der Waals surface area contributed by atoms with Gasteiger partial charge in [-0.3, -0.25) is 4.79 Å². The van der Waals surface area contributed by atoms with Crippen LogP contribution in [0.5, 0.6) is 17.4 Å². The van der Waals surface area contributed by atoms with Gasteiger partial charge in [0.25, 0.3) is 5.91 Å². The SMILES string of the molecule is O=C(c1cccnc1Oc1cccc(OC(F)(F)F)c1)N1CCCc2ccccc21. The lowest BCUT2D eigenvalue weighted by Gasteiger charge is -2.29. The standard InChI is InChI=1S/C22H17F3N2O3/c23-22(24,25)30-17-9-3-8-16(14-17)29-20-18(10-4-12-26-20)21(28)27-13-5-7-15-6-1-2-11-19(15)27/h1-4,6,8-12,14H,5,7,13H2. The number of fused-ring (bicyclic) bond motifs is 1. The molecule has 8 heteroatoms. The van der Waals surface area contributed by atoms with Crippen LogP contribution >= 0.6 is 0 Å². The summed E-state index contributed by atoms with van der Waals surface area (Å²) in [6, 6.07) is 15.9. The first-order valence-corrected chi connectivity index (χ1v) is 9.29. The molecular formula is C22H17F3N2O3. The fourth-order valence-corrected chi connectivity index (χ4v) is 3.37. The maximum Gasteiger partial charge on any atom is 0.573 e. The Labute approximate surface area is 170 Å². The second-order valence-electron chi connectivity index (χ2n) is 6.67. The lowest BCUT2D eigenvalue weighted by Crippen LogP contribution is -2.35. The molecule has 1 aliphatic heterocycles. The van der Waals surface area contributed by atoms with Crippen LogP contribution in [0.1, 0.15) is 22.3 Å². The van der Waals surface area contributed by atoms with Crippen molar-refractivity contribution in [2.75, 3.05) is 11.4 Å². The lowest BCUT2D eigenvalue weighted by molar-refractivity contribution is -0.274. The van der Waals surface area contributed by atoms with Gasteiger partial charge in [-0.1, -0.05) is 24.3 Å². The van der Waals surface area contributed by atoms with Crippen LogP contribution in [0, 0.1) is 0 Å². The monoisotopic (exact) mass is 414 g/mol. The number of rotatable bonds is 4. The van der Waals surface area contributed by atoms with E-state index in [0.29, 0.717) is 6.54 Å². The maximum absolute atomic E-state index is 13.3. The van der Waals surface area contributed by atoms with Crippen LogP contribution in [0.3, 0.4) is 0 Å². The molecule has 30 heavy (non-hydrogen) atoms. The number of pyridine rings is 1. The Morgan fingerprint density at radius 1 is 1.00 bits per heavy atom. The van der Waals surface area contributed by atoms with E-state index in [0.717, 1.165) is 36.2 Å². The number of amides is 1. The Bertz CT molecular complexity index is 1070. The van der Waals surface area contributed by atoms with Gasteiger partial charge in [-0.05, 0) is 48.7 Å². The number of aryl methyl sites for hydroxylation is 1. The highest BCUT2D eigenvalue weighted by Crippen LogP contribution is 2.32. The molecule has 0 N–H and O–H groups in total. The summed E-state index contributed by atoms with van der Waals surface area (Å²) in [4.78, 5) is 19.1. The maximum atomic E-state index is 13.3. The number of halogens is 3. The molecule has 0 radical (unpaired) electrons. The number of aromatic nitrogens is 1. The van der Waals surface area contributed by atoms with E-state index >= 15 is 0 Å². The first-order chi connectivity index (χ1) is 14.4. The number of alkyl halides is 3. The van der Waals surface area contributed by atoms with Crippen LogP contribution in [0.4, 0.5) is 18.9 Å². The first kappa shape index (κ1) is 19.8. The molecule has 1 aliphatic rings. The first-order valence-electron chi connectivity index (χ1n) is 9.29. The topological polar surface area (TPSA) is 51.7 Å². The van der Waals surface area contributed by atoms with Crippen molar-refractivity contribution in [3.8, 4) is 17.4 Å². The molecule has 2 aromatic carbocycles. The van der Waals surface area contributed by atoms with Crippen LogP contribution in [0.25, 0.3) is 0 Å². The van der Waals surface area contributed by atoms with Gasteiger partial charge in [0.2, 0.25) is 5.88 Å². The van der Waals surface area contributed by atoms with Crippen molar-refractivity contribution in [3.05, 3.63) is 78.0 Å². The number of ether oxygens (including phenoxy) is 2. The van der Waals surface area contributed by atoms with E-state index in [1.807, 2.05) is 24.3 Å². The zero-order valence-electron chi connectivity index (χ0n) is 15.7. The predicted octanol–water partition coefficient (Wildman–Crippen LogP) is 5.37. The fourth-order valence-electron chi connectivity index (χ4n) is 3.37. The highest BCUT2D eigenvalue weighted by atomic mass is 19.4. The van der Waals surface area contributed by atoms with Gasteiger partial charge in [0.05, 0.1) is 0 Å². The fraction of sp³-hybridized carbons (Fsp3) is 0.182. The van der Waals surface area contributed by atoms with Gasteiger partial charge in [-0.15, -0.1) is 13.2 Å². The molecule has 0 bridgehead atoms. The van der Waals surface area contributed by atoms with E-state index in [2.05, 4.69) is 9.72 Å². The highest BCUT2D eigenvalue weighted by Gasteiger charge is 2.31. The summed E-state index contributed by atoms with van der Waals surface area (Å²) in [5.41, 5.74) is 2.14. The van der Waals surface area contributed by atoms with E-state index in [9.17, 15) is 18.0 Å². The molecule has 1 aromatic heterocycles. The van der Waals surface area contributed by atoms with Crippen molar-refractivity contribution in [1.29, 1.82) is 0 Å². The van der Waals surface area contributed by atoms with E-state index in [4.69, 9.17) is 4.74 Å². The molecule has 0 atom stereocenters. The molecule has 0 saturated heterocycles. The van der Waals surface area contributed by atoms with Gasteiger partial charge >= 0.3 is 6.36 Å². The Kier molecular flexibility index (Phi) is 5.31. The van der Waals surface area contributed by atoms with Crippen molar-refractivity contribution < 1.29 is 27.4 Å². The van der Waals surface area contributed by atoms with Gasteiger partial charge in [-0.2, -0.15) is 0 Å². The molecule has 154 valence electrons. The number of anilines is 1. The van der Waals surface area contributed by atoms with Gasteiger partial charge in [-0.25, -0.2) is 4.98 Å². The van der Waals surface area contributed by atoms with Crippen molar-refractivity contribution >= 4 is 11.6 Å². The zero-order valence-corrected chi connectivity index (χ0v) is 15.7. The summed E-state index contributed by atoms with van der Waals surface area (Å²) >= 11 is 0. The Morgan fingerprint density at radius 3 is 2.63 bits per heavy atom. The molecule has 3 aromatic rings. The van der Waals surface area contributed by atoms with Crippen LogP contribution in [0.2, 0.25) is 0 Å². The van der Waals surface area contributed by atoms with E-state index in [1.54, 1.807) is 17.0 Å². The third kappa shape index (κ3) is 4.37. The summed E-state index contributed by atoms with van der Waals surface area (Å²) in [5.74, 6) is -0.625. The molecule has 0 spiro atoms. The molecule has 0 unspecified atom stereocenters. The molecule has 0 saturated carbocycles. The number of para-hydroxylation sites is 1. The number of hydrogen-bond donors (Lipinski definition) is 0. The predicted molar refractivity (Wildman–Crippen MR) is 104 cm³/mol. The Morgan fingerprint density at radius 2 is 1.80 bits per heavy atom. The third-order valence-electron chi connectivity index (χ3n) is 4.61. The minimum absolute atomic E-state index is 0.00899. The second-order valence-corrected chi connectivity index (χ2v) is 6.67. The lowest BCUT2D eigenvalue weighted by atomic mass is 10.0. The minimum atomic E-state index is -4.81. The number of carbonyl (C=O) groups excluding carboxylic acids is 1. The number of hydrogen-bond acceptors (Lipinski definition) is 4. The van der Waals surface area contributed by atoms with Gasteiger partial charge in [0.15, 0.2) is 0 Å². The zero-order chi connectivity index (χ0) is 21.1. The Balaban J connectivity index is 1.61. The largest absolute Gasteiger partial charge is 0.573 e. The molecule has 4 rings (SSSR count). The Hall–Kier alpha value is -3.55. The molecule has 0 aliphatic carbocycles. The number of nitrogens with zero attached hydrogens (tertiary/aromatic N) is 2. The molecule has 5 nitrogen and oxygen atoms in total. The van der Waals surface area contributed by atoms with Crippen LogP contribution in [-0.2, 0) is 6.42 Å². The third-order valence-corrected chi connectivity index (χ3v) is 4.61. The van der Waals surface area contributed by atoms with Crippen LogP contribution < -0.4 is 14.4 Å². The number of benzene rings is 2. The van der Waals surface area contributed by atoms with E-state index in [1.165, 1.54) is 18.3 Å². The highest BCUT2D eigenvalue weighted by molar-refractivity contribution is 6.08. The normalized spacial score (nSPS) is 13.5. The summed E-state index contributed by atoms with van der Waals surface area (Å²) in [6.45, 7) is 0.555. The number of carbonyl (C=O) groups is 1. The average molecular weight is 414 g/mol. The van der Waals surface area contributed by atoms with Gasteiger partial charge < -0.3 is 14.4 Å². The molecular weight excluding hydrogens is 397 g/mol. The smallest absolute Gasteiger partial charge is 0.438 e. The molecule has 0 fully saturated rings. The quantitative estimate of drug-likeness (QED) is 0.576. The van der Waals surface area contributed by atoms with Crippen LogP contribution in [-0.4, -0.2) is 23.8 Å². The van der Waals surface area contributed by atoms with Crippen molar-refractivity contribution in [1.82, 2.24) is 4.98 Å². The molecule has 1 amide bonds. The summed E-state index contributed by atoms with van der Waals surface area (Å²) in [5, 5.41) is 0.